The van der Waals surface area contributed by atoms with Crippen LogP contribution in [0.5, 0.6) is 0 Å². The van der Waals surface area contributed by atoms with Gasteiger partial charge in [-0.25, -0.2) is 9.67 Å². The van der Waals surface area contributed by atoms with Crippen molar-refractivity contribution in [3.63, 3.8) is 0 Å². The first-order chi connectivity index (χ1) is 14.2. The predicted molar refractivity (Wildman–Crippen MR) is 111 cm³/mol. The zero-order valence-corrected chi connectivity index (χ0v) is 16.8. The number of nitrogen functional groups attached to an aromatic ring is 1. The second-order valence-electron chi connectivity index (χ2n) is 8.46. The van der Waals surface area contributed by atoms with E-state index in [1.807, 2.05) is 27.9 Å². The van der Waals surface area contributed by atoms with Crippen molar-refractivity contribution in [3.05, 3.63) is 35.8 Å². The summed E-state index contributed by atoms with van der Waals surface area (Å²) in [7, 11) is 0. The average Bonchev–Trinajstić information content (AvgIpc) is 3.11. The van der Waals surface area contributed by atoms with Crippen LogP contribution in [0.1, 0.15) is 30.5 Å². The normalized spacial score (nSPS) is 21.0. The van der Waals surface area contributed by atoms with Crippen molar-refractivity contribution in [1.82, 2.24) is 29.5 Å². The second-order valence-corrected chi connectivity index (χ2v) is 8.46. The van der Waals surface area contributed by atoms with E-state index in [0.29, 0.717) is 12.2 Å². The van der Waals surface area contributed by atoms with E-state index in [1.54, 1.807) is 6.20 Å². The smallest absolute Gasteiger partial charge is 0.236 e. The number of carbonyl (C=O) groups excluding carboxylic acids is 1. The lowest BCUT2D eigenvalue weighted by atomic mass is 9.91. The summed E-state index contributed by atoms with van der Waals surface area (Å²) < 4.78 is 1.81. The molecule has 1 saturated carbocycles. The van der Waals surface area contributed by atoms with Gasteiger partial charge in [0.05, 0.1) is 24.1 Å². The molecule has 8 heteroatoms. The fourth-order valence-corrected chi connectivity index (χ4v) is 4.54. The summed E-state index contributed by atoms with van der Waals surface area (Å²) >= 11 is 0. The second kappa shape index (κ2) is 7.76. The fourth-order valence-electron chi connectivity index (χ4n) is 4.54. The van der Waals surface area contributed by atoms with Crippen LogP contribution in [0.2, 0.25) is 0 Å². The Bertz CT molecular complexity index is 866. The largest absolute Gasteiger partial charge is 0.397 e. The number of pyridine rings is 1. The van der Waals surface area contributed by atoms with Gasteiger partial charge in [0.2, 0.25) is 5.91 Å². The number of hydrogen-bond acceptors (Lipinski definition) is 6. The summed E-state index contributed by atoms with van der Waals surface area (Å²) in [5.41, 5.74) is 8.64. The van der Waals surface area contributed by atoms with Crippen LogP contribution in [0.25, 0.3) is 5.82 Å². The number of hydrogen-bond donors (Lipinski definition) is 1. The summed E-state index contributed by atoms with van der Waals surface area (Å²) in [6.07, 6.45) is 8.58. The first kappa shape index (κ1) is 18.6. The topological polar surface area (TPSA) is 83.5 Å². The minimum Gasteiger partial charge on any atom is -0.397 e. The van der Waals surface area contributed by atoms with Crippen molar-refractivity contribution >= 4 is 11.6 Å². The van der Waals surface area contributed by atoms with Gasteiger partial charge in [0.1, 0.15) is 0 Å². The van der Waals surface area contributed by atoms with Gasteiger partial charge in [0, 0.05) is 63.5 Å². The lowest BCUT2D eigenvalue weighted by Gasteiger charge is -2.43. The van der Waals surface area contributed by atoms with Gasteiger partial charge in [-0.1, -0.05) is 6.42 Å². The molecule has 1 amide bonds. The van der Waals surface area contributed by atoms with Crippen molar-refractivity contribution in [1.29, 1.82) is 0 Å². The minimum atomic E-state index is 0.259. The van der Waals surface area contributed by atoms with E-state index in [9.17, 15) is 4.79 Å². The highest BCUT2D eigenvalue weighted by atomic mass is 16.2. The maximum Gasteiger partial charge on any atom is 0.236 e. The van der Waals surface area contributed by atoms with Gasteiger partial charge in [0.25, 0.3) is 0 Å². The Hall–Kier alpha value is -2.45. The van der Waals surface area contributed by atoms with E-state index >= 15 is 0 Å². The van der Waals surface area contributed by atoms with Crippen molar-refractivity contribution in [2.75, 3.05) is 45.0 Å². The molecule has 2 N–H and O–H groups in total. The standard InChI is InChI=1S/C21H29N7O/c22-17-4-5-20(23-12-17)28-14-16-13-25(7-6-19(16)24-28)15-21(29)27-10-8-26(9-11-27)18-2-1-3-18/h4-5,12,14,18H,1-3,6-11,13,15,22H2. The van der Waals surface area contributed by atoms with E-state index in [1.165, 1.54) is 24.8 Å². The molecule has 4 heterocycles. The maximum atomic E-state index is 12.8. The zero-order valence-electron chi connectivity index (χ0n) is 16.8. The quantitative estimate of drug-likeness (QED) is 0.828. The number of nitrogens with zero attached hydrogens (tertiary/aromatic N) is 6. The Kier molecular flexibility index (Phi) is 4.97. The molecule has 0 atom stereocenters. The molecule has 0 aromatic carbocycles. The molecular weight excluding hydrogens is 366 g/mol. The molecular formula is C21H29N7O. The third kappa shape index (κ3) is 3.86. The Labute approximate surface area is 171 Å². The van der Waals surface area contributed by atoms with Crippen LogP contribution in [-0.2, 0) is 17.8 Å². The van der Waals surface area contributed by atoms with E-state index in [-0.39, 0.29) is 5.91 Å². The molecule has 0 unspecified atom stereocenters. The van der Waals surface area contributed by atoms with Crippen molar-refractivity contribution in [3.8, 4) is 5.82 Å². The van der Waals surface area contributed by atoms with E-state index in [2.05, 4.69) is 19.9 Å². The number of aromatic nitrogens is 3. The molecule has 5 rings (SSSR count). The molecule has 2 aromatic heterocycles. The molecule has 1 saturated heterocycles. The number of carbonyl (C=O) groups is 1. The molecule has 0 radical (unpaired) electrons. The molecule has 8 nitrogen and oxygen atoms in total. The molecule has 0 bridgehead atoms. The fraction of sp³-hybridized carbons (Fsp3) is 0.571. The lowest BCUT2D eigenvalue weighted by molar-refractivity contribution is -0.135. The SMILES string of the molecule is Nc1ccc(-n2cc3c(n2)CCN(CC(=O)N2CCN(C4CCC4)CC2)C3)nc1. The average molecular weight is 396 g/mol. The molecule has 29 heavy (non-hydrogen) atoms. The number of nitrogens with two attached hydrogens (primary N) is 1. The summed E-state index contributed by atoms with van der Waals surface area (Å²) in [5, 5.41) is 4.68. The van der Waals surface area contributed by atoms with Crippen LogP contribution in [0.3, 0.4) is 0 Å². The summed E-state index contributed by atoms with van der Waals surface area (Å²) in [6, 6.07) is 4.48. The van der Waals surface area contributed by atoms with Gasteiger partial charge in [0.15, 0.2) is 5.82 Å². The first-order valence-electron chi connectivity index (χ1n) is 10.7. The van der Waals surface area contributed by atoms with Gasteiger partial charge < -0.3 is 10.6 Å². The molecule has 2 fully saturated rings. The molecule has 2 aliphatic heterocycles. The number of fused-ring (bicyclic) bond motifs is 1. The van der Waals surface area contributed by atoms with Gasteiger partial charge in [-0.05, 0) is 25.0 Å². The number of anilines is 1. The van der Waals surface area contributed by atoms with Gasteiger partial charge >= 0.3 is 0 Å². The first-order valence-corrected chi connectivity index (χ1v) is 10.7. The van der Waals surface area contributed by atoms with Crippen LogP contribution < -0.4 is 5.73 Å². The highest BCUT2D eigenvalue weighted by Crippen LogP contribution is 2.25. The monoisotopic (exact) mass is 395 g/mol. The van der Waals surface area contributed by atoms with Crippen LogP contribution in [0.15, 0.2) is 24.5 Å². The van der Waals surface area contributed by atoms with E-state index < -0.39 is 0 Å². The number of amides is 1. The number of rotatable bonds is 4. The van der Waals surface area contributed by atoms with Crippen molar-refractivity contribution in [2.24, 2.45) is 0 Å². The van der Waals surface area contributed by atoms with Crippen molar-refractivity contribution in [2.45, 2.75) is 38.3 Å². The van der Waals surface area contributed by atoms with E-state index in [4.69, 9.17) is 5.73 Å². The summed E-state index contributed by atoms with van der Waals surface area (Å²) in [5.74, 6) is 1.02. The van der Waals surface area contributed by atoms with Gasteiger partial charge in [-0.2, -0.15) is 5.10 Å². The summed E-state index contributed by atoms with van der Waals surface area (Å²) in [6.45, 7) is 5.92. The van der Waals surface area contributed by atoms with Crippen LogP contribution >= 0.6 is 0 Å². The number of piperazine rings is 1. The maximum absolute atomic E-state index is 12.8. The Morgan fingerprint density at radius 3 is 2.66 bits per heavy atom. The van der Waals surface area contributed by atoms with Gasteiger partial charge in [-0.3, -0.25) is 14.6 Å². The minimum absolute atomic E-state index is 0.259. The molecule has 1 aliphatic carbocycles. The van der Waals surface area contributed by atoms with Crippen LogP contribution in [0.4, 0.5) is 5.69 Å². The zero-order chi connectivity index (χ0) is 19.8. The third-order valence-electron chi connectivity index (χ3n) is 6.56. The van der Waals surface area contributed by atoms with Crippen molar-refractivity contribution < 1.29 is 4.79 Å². The van der Waals surface area contributed by atoms with Crippen LogP contribution in [-0.4, -0.2) is 80.7 Å². The molecule has 0 spiro atoms. The Morgan fingerprint density at radius 1 is 1.14 bits per heavy atom. The molecule has 3 aliphatic rings. The Morgan fingerprint density at radius 2 is 1.97 bits per heavy atom. The Balaban J connectivity index is 1.17. The van der Waals surface area contributed by atoms with Gasteiger partial charge in [-0.15, -0.1) is 0 Å². The lowest BCUT2D eigenvalue weighted by Crippen LogP contribution is -2.55. The summed E-state index contributed by atoms with van der Waals surface area (Å²) in [4.78, 5) is 24.0. The third-order valence-corrected chi connectivity index (χ3v) is 6.56. The molecule has 154 valence electrons. The highest BCUT2D eigenvalue weighted by Gasteiger charge is 2.30. The molecule has 2 aromatic rings. The van der Waals surface area contributed by atoms with E-state index in [0.717, 1.165) is 63.2 Å². The highest BCUT2D eigenvalue weighted by molar-refractivity contribution is 5.78. The predicted octanol–water partition coefficient (Wildman–Crippen LogP) is 0.904. The van der Waals surface area contributed by atoms with Crippen LogP contribution in [0, 0.1) is 0 Å².